The van der Waals surface area contributed by atoms with E-state index in [0.717, 1.165) is 0 Å². The molecule has 30 heavy (non-hydrogen) atoms. The van der Waals surface area contributed by atoms with Gasteiger partial charge in [0.1, 0.15) is 17.1 Å². The average Bonchev–Trinajstić information content (AvgIpc) is 2.74. The molecule has 0 radical (unpaired) electrons. The van der Waals surface area contributed by atoms with Crippen LogP contribution in [0.3, 0.4) is 0 Å². The van der Waals surface area contributed by atoms with Crippen LogP contribution < -0.4 is 9.47 Å². The van der Waals surface area contributed by atoms with E-state index >= 15 is 0 Å². The van der Waals surface area contributed by atoms with Gasteiger partial charge in [-0.1, -0.05) is 12.1 Å². The molecule has 1 saturated heterocycles. The summed E-state index contributed by atoms with van der Waals surface area (Å²) in [6.07, 6.45) is 0.763. The Kier molecular flexibility index (Phi) is 5.44. The molecule has 7 heteroatoms. The minimum absolute atomic E-state index is 0.0915. The SMILES string of the molecule is CCOC(=O)Oc1ccc(C(=O)N2CCC3(CC2)CC(=O)c2ccccc2O3)cc1. The van der Waals surface area contributed by atoms with Gasteiger partial charge >= 0.3 is 6.16 Å². The van der Waals surface area contributed by atoms with Crippen molar-refractivity contribution in [2.24, 2.45) is 0 Å². The Labute approximate surface area is 174 Å². The number of nitrogens with zero attached hydrogens (tertiary/aromatic N) is 1. The van der Waals surface area contributed by atoms with E-state index in [1.165, 1.54) is 0 Å². The van der Waals surface area contributed by atoms with Crippen LogP contribution in [0.15, 0.2) is 48.5 Å². The molecule has 1 fully saturated rings. The Morgan fingerprint density at radius 2 is 1.77 bits per heavy atom. The van der Waals surface area contributed by atoms with Crippen molar-refractivity contribution in [2.45, 2.75) is 31.8 Å². The Hall–Kier alpha value is -3.35. The van der Waals surface area contributed by atoms with Crippen LogP contribution in [0.2, 0.25) is 0 Å². The van der Waals surface area contributed by atoms with Gasteiger partial charge in [-0.25, -0.2) is 4.79 Å². The number of hydrogen-bond acceptors (Lipinski definition) is 6. The van der Waals surface area contributed by atoms with Gasteiger partial charge < -0.3 is 19.1 Å². The summed E-state index contributed by atoms with van der Waals surface area (Å²) in [5, 5.41) is 0. The highest BCUT2D eigenvalue weighted by molar-refractivity contribution is 6.00. The maximum atomic E-state index is 12.9. The van der Waals surface area contributed by atoms with Crippen molar-refractivity contribution < 1.29 is 28.6 Å². The molecule has 0 bridgehead atoms. The lowest BCUT2D eigenvalue weighted by molar-refractivity contribution is -0.00571. The largest absolute Gasteiger partial charge is 0.513 e. The number of para-hydroxylation sites is 1. The first-order valence-corrected chi connectivity index (χ1v) is 10.0. The average molecular weight is 409 g/mol. The summed E-state index contributed by atoms with van der Waals surface area (Å²) < 4.78 is 16.0. The second-order valence-corrected chi connectivity index (χ2v) is 7.48. The van der Waals surface area contributed by atoms with Gasteiger partial charge in [-0.2, -0.15) is 0 Å². The molecule has 0 atom stereocenters. The summed E-state index contributed by atoms with van der Waals surface area (Å²) >= 11 is 0. The van der Waals surface area contributed by atoms with E-state index in [4.69, 9.17) is 14.2 Å². The van der Waals surface area contributed by atoms with Gasteiger partial charge in [-0.3, -0.25) is 9.59 Å². The van der Waals surface area contributed by atoms with E-state index in [0.29, 0.717) is 55.0 Å². The molecular formula is C23H23NO6. The number of ketones is 1. The number of carbonyl (C=O) groups is 3. The molecule has 2 aliphatic heterocycles. The zero-order chi connectivity index (χ0) is 21.1. The summed E-state index contributed by atoms with van der Waals surface area (Å²) in [5.74, 6) is 0.935. The Bertz CT molecular complexity index is 960. The van der Waals surface area contributed by atoms with E-state index in [1.807, 2.05) is 18.2 Å². The van der Waals surface area contributed by atoms with E-state index in [9.17, 15) is 14.4 Å². The first-order valence-electron chi connectivity index (χ1n) is 10.0. The number of benzene rings is 2. The minimum Gasteiger partial charge on any atom is -0.486 e. The summed E-state index contributed by atoms with van der Waals surface area (Å²) in [6.45, 7) is 2.94. The number of fused-ring (bicyclic) bond motifs is 1. The van der Waals surface area contributed by atoms with Gasteiger partial charge in [-0.15, -0.1) is 0 Å². The summed E-state index contributed by atoms with van der Waals surface area (Å²) in [6, 6.07) is 13.7. The monoisotopic (exact) mass is 409 g/mol. The Morgan fingerprint density at radius 1 is 1.07 bits per heavy atom. The highest BCUT2D eigenvalue weighted by Gasteiger charge is 2.43. The maximum Gasteiger partial charge on any atom is 0.513 e. The van der Waals surface area contributed by atoms with Crippen molar-refractivity contribution >= 4 is 17.8 Å². The van der Waals surface area contributed by atoms with Crippen molar-refractivity contribution in [2.75, 3.05) is 19.7 Å². The molecule has 1 spiro atoms. The Balaban J connectivity index is 1.38. The molecule has 4 rings (SSSR count). The lowest BCUT2D eigenvalue weighted by Gasteiger charge is -2.44. The van der Waals surface area contributed by atoms with Crippen molar-refractivity contribution in [3.05, 3.63) is 59.7 Å². The minimum atomic E-state index is -0.776. The lowest BCUT2D eigenvalue weighted by atomic mass is 9.82. The number of ether oxygens (including phenoxy) is 3. The van der Waals surface area contributed by atoms with Crippen LogP contribution in [0.1, 0.15) is 46.9 Å². The molecule has 156 valence electrons. The number of carbonyl (C=O) groups excluding carboxylic acids is 3. The zero-order valence-corrected chi connectivity index (χ0v) is 16.8. The molecule has 0 aromatic heterocycles. The van der Waals surface area contributed by atoms with Crippen molar-refractivity contribution in [1.82, 2.24) is 4.90 Å². The van der Waals surface area contributed by atoms with Gasteiger partial charge in [0.05, 0.1) is 18.6 Å². The third-order valence-electron chi connectivity index (χ3n) is 5.52. The smallest absolute Gasteiger partial charge is 0.486 e. The fourth-order valence-corrected chi connectivity index (χ4v) is 3.93. The molecule has 0 unspecified atom stereocenters. The van der Waals surface area contributed by atoms with Crippen LogP contribution in [0, 0.1) is 0 Å². The first-order chi connectivity index (χ1) is 14.5. The quantitative estimate of drug-likeness (QED) is 0.566. The highest BCUT2D eigenvalue weighted by Crippen LogP contribution is 2.39. The van der Waals surface area contributed by atoms with Gasteiger partial charge in [0.15, 0.2) is 5.78 Å². The van der Waals surface area contributed by atoms with Crippen LogP contribution in [0.4, 0.5) is 4.79 Å². The second-order valence-electron chi connectivity index (χ2n) is 7.48. The molecular weight excluding hydrogens is 386 g/mol. The molecule has 0 saturated carbocycles. The number of Topliss-reactive ketones (excluding diaryl/α,β-unsaturated/α-hetero) is 1. The summed E-state index contributed by atoms with van der Waals surface area (Å²) in [7, 11) is 0. The lowest BCUT2D eigenvalue weighted by Crippen LogP contribution is -2.52. The first kappa shape index (κ1) is 19.9. The normalized spacial score (nSPS) is 17.1. The fraction of sp³-hybridized carbons (Fsp3) is 0.348. The van der Waals surface area contributed by atoms with Crippen LogP contribution >= 0.6 is 0 Å². The van der Waals surface area contributed by atoms with E-state index < -0.39 is 11.8 Å². The molecule has 0 aliphatic carbocycles. The van der Waals surface area contributed by atoms with Gasteiger partial charge in [0.25, 0.3) is 5.91 Å². The molecule has 2 aliphatic rings. The van der Waals surface area contributed by atoms with Gasteiger partial charge in [0.2, 0.25) is 0 Å². The van der Waals surface area contributed by atoms with Crippen LogP contribution in [-0.2, 0) is 4.74 Å². The number of amides is 1. The van der Waals surface area contributed by atoms with E-state index in [-0.39, 0.29) is 18.3 Å². The predicted octanol–water partition coefficient (Wildman–Crippen LogP) is 3.86. The molecule has 2 heterocycles. The summed E-state index contributed by atoms with van der Waals surface area (Å²) in [5.41, 5.74) is 0.597. The second kappa shape index (κ2) is 8.18. The molecule has 2 aromatic rings. The molecule has 0 N–H and O–H groups in total. The van der Waals surface area contributed by atoms with Gasteiger partial charge in [-0.05, 0) is 43.3 Å². The molecule has 2 aromatic carbocycles. The van der Waals surface area contributed by atoms with Crippen molar-refractivity contribution in [3.63, 3.8) is 0 Å². The topological polar surface area (TPSA) is 82.1 Å². The third-order valence-corrected chi connectivity index (χ3v) is 5.52. The van der Waals surface area contributed by atoms with Crippen LogP contribution in [0.5, 0.6) is 11.5 Å². The van der Waals surface area contributed by atoms with Gasteiger partial charge in [0, 0.05) is 31.5 Å². The molecule has 1 amide bonds. The number of likely N-dealkylation sites (tertiary alicyclic amines) is 1. The molecule has 7 nitrogen and oxygen atoms in total. The number of rotatable bonds is 3. The van der Waals surface area contributed by atoms with Crippen molar-refractivity contribution in [3.8, 4) is 11.5 Å². The number of hydrogen-bond donors (Lipinski definition) is 0. The number of piperidine rings is 1. The predicted molar refractivity (Wildman–Crippen MR) is 108 cm³/mol. The summed E-state index contributed by atoms with van der Waals surface area (Å²) in [4.78, 5) is 38.5. The van der Waals surface area contributed by atoms with Crippen LogP contribution in [-0.4, -0.2) is 48.0 Å². The Morgan fingerprint density at radius 3 is 2.47 bits per heavy atom. The van der Waals surface area contributed by atoms with Crippen molar-refractivity contribution in [1.29, 1.82) is 0 Å². The van der Waals surface area contributed by atoms with E-state index in [1.54, 1.807) is 42.2 Å². The maximum absolute atomic E-state index is 12.9. The fourth-order valence-electron chi connectivity index (χ4n) is 3.93. The van der Waals surface area contributed by atoms with Crippen LogP contribution in [0.25, 0.3) is 0 Å². The highest BCUT2D eigenvalue weighted by atomic mass is 16.7. The standard InChI is InChI=1S/C23H23NO6/c1-2-28-22(27)29-17-9-7-16(8-10-17)21(26)24-13-11-23(12-14-24)15-19(25)18-5-3-4-6-20(18)30-23/h3-10H,2,11-15H2,1H3. The van der Waals surface area contributed by atoms with E-state index in [2.05, 4.69) is 0 Å². The third kappa shape index (κ3) is 4.01. The zero-order valence-electron chi connectivity index (χ0n) is 16.8.